The Bertz CT molecular complexity index is 208. The lowest BCUT2D eigenvalue weighted by molar-refractivity contribution is 0.144. The fourth-order valence-corrected chi connectivity index (χ4v) is 1.84. The molecule has 1 atom stereocenters. The number of hydrogen-bond acceptors (Lipinski definition) is 3. The van der Waals surface area contributed by atoms with Crippen molar-refractivity contribution in [3.8, 4) is 0 Å². The average Bonchev–Trinajstić information content (AvgIpc) is 2.75. The van der Waals surface area contributed by atoms with Crippen LogP contribution < -0.4 is 5.32 Å². The number of hydrogen-bond donors (Lipinski definition) is 1. The first-order valence-corrected chi connectivity index (χ1v) is 6.26. The Hall–Kier alpha value is -0.380. The number of ether oxygens (including phenoxy) is 2. The van der Waals surface area contributed by atoms with E-state index in [1.54, 1.807) is 7.11 Å². The lowest BCUT2D eigenvalue weighted by Gasteiger charge is -2.15. The summed E-state index contributed by atoms with van der Waals surface area (Å²) in [7, 11) is 1.73. The van der Waals surface area contributed by atoms with Crippen molar-refractivity contribution in [2.24, 2.45) is 5.92 Å². The molecular weight excluding hydrogens is 202 g/mol. The average molecular weight is 227 g/mol. The fraction of sp³-hybridized carbons (Fsp3) is 0.846. The van der Waals surface area contributed by atoms with Crippen molar-refractivity contribution >= 4 is 0 Å². The molecule has 0 radical (unpaired) electrons. The van der Waals surface area contributed by atoms with Crippen molar-refractivity contribution in [3.05, 3.63) is 11.6 Å². The third-order valence-corrected chi connectivity index (χ3v) is 2.92. The van der Waals surface area contributed by atoms with Gasteiger partial charge in [-0.15, -0.1) is 0 Å². The highest BCUT2D eigenvalue weighted by molar-refractivity contribution is 5.10. The summed E-state index contributed by atoms with van der Waals surface area (Å²) in [6.45, 7) is 8.01. The predicted octanol–water partition coefficient (Wildman–Crippen LogP) is 1.98. The summed E-state index contributed by atoms with van der Waals surface area (Å²) in [5.74, 6) is 0.583. The van der Waals surface area contributed by atoms with Crippen molar-refractivity contribution in [2.45, 2.75) is 32.8 Å². The quantitative estimate of drug-likeness (QED) is 0.533. The van der Waals surface area contributed by atoms with E-state index in [0.717, 1.165) is 26.3 Å². The third kappa shape index (κ3) is 5.10. The molecule has 0 aromatic carbocycles. The second kappa shape index (κ2) is 7.82. The molecule has 3 nitrogen and oxygen atoms in total. The normalized spacial score (nSPS) is 22.0. The van der Waals surface area contributed by atoms with Gasteiger partial charge in [-0.2, -0.15) is 0 Å². The maximum absolute atomic E-state index is 5.63. The van der Waals surface area contributed by atoms with Gasteiger partial charge in [-0.3, -0.25) is 0 Å². The zero-order valence-corrected chi connectivity index (χ0v) is 10.8. The Morgan fingerprint density at radius 2 is 2.38 bits per heavy atom. The molecule has 1 N–H and O–H groups in total. The molecule has 1 aliphatic rings. The summed E-state index contributed by atoms with van der Waals surface area (Å²) in [5, 5.41) is 3.39. The lowest BCUT2D eigenvalue weighted by Crippen LogP contribution is -2.24. The molecule has 1 saturated heterocycles. The molecule has 0 bridgehead atoms. The maximum Gasteiger partial charge on any atom is 0.0759 e. The Morgan fingerprint density at radius 3 is 2.94 bits per heavy atom. The fourth-order valence-electron chi connectivity index (χ4n) is 1.84. The number of methoxy groups -OCH3 is 1. The molecule has 94 valence electrons. The van der Waals surface area contributed by atoms with Gasteiger partial charge in [0, 0.05) is 26.8 Å². The zero-order valence-electron chi connectivity index (χ0n) is 10.8. The summed E-state index contributed by atoms with van der Waals surface area (Å²) in [4.78, 5) is 0. The van der Waals surface area contributed by atoms with E-state index in [1.807, 2.05) is 0 Å². The molecule has 0 aliphatic carbocycles. The highest BCUT2D eigenvalue weighted by Gasteiger charge is 2.14. The standard InChI is InChI=1S/C13H25NO2/c1-11(2)12(10-14-6-8-15-3)9-13-5-4-7-16-13/h9,11,13-14H,4-8,10H2,1-3H3. The van der Waals surface area contributed by atoms with Crippen molar-refractivity contribution in [1.29, 1.82) is 0 Å². The van der Waals surface area contributed by atoms with Crippen LogP contribution in [-0.4, -0.2) is 39.5 Å². The van der Waals surface area contributed by atoms with E-state index in [2.05, 4.69) is 25.2 Å². The molecule has 0 saturated carbocycles. The van der Waals surface area contributed by atoms with Gasteiger partial charge in [-0.25, -0.2) is 0 Å². The van der Waals surface area contributed by atoms with Gasteiger partial charge in [0.15, 0.2) is 0 Å². The van der Waals surface area contributed by atoms with E-state index in [0.29, 0.717) is 12.0 Å². The van der Waals surface area contributed by atoms with Gasteiger partial charge in [0.25, 0.3) is 0 Å². The molecule has 1 aliphatic heterocycles. The first-order valence-electron chi connectivity index (χ1n) is 6.26. The molecule has 0 amide bonds. The third-order valence-electron chi connectivity index (χ3n) is 2.92. The van der Waals surface area contributed by atoms with Crippen LogP contribution in [-0.2, 0) is 9.47 Å². The zero-order chi connectivity index (χ0) is 11.8. The first-order chi connectivity index (χ1) is 7.74. The minimum absolute atomic E-state index is 0.349. The largest absolute Gasteiger partial charge is 0.383 e. The smallest absolute Gasteiger partial charge is 0.0759 e. The van der Waals surface area contributed by atoms with Crippen molar-refractivity contribution in [1.82, 2.24) is 5.32 Å². The predicted molar refractivity (Wildman–Crippen MR) is 66.6 cm³/mol. The van der Waals surface area contributed by atoms with Gasteiger partial charge in [-0.1, -0.05) is 25.5 Å². The van der Waals surface area contributed by atoms with Crippen LogP contribution in [0.25, 0.3) is 0 Å². The molecule has 0 aromatic heterocycles. The van der Waals surface area contributed by atoms with E-state index >= 15 is 0 Å². The van der Waals surface area contributed by atoms with Gasteiger partial charge in [0.05, 0.1) is 12.7 Å². The minimum atomic E-state index is 0.349. The van der Waals surface area contributed by atoms with Crippen LogP contribution in [0.15, 0.2) is 11.6 Å². The second-order valence-electron chi connectivity index (χ2n) is 4.62. The van der Waals surface area contributed by atoms with E-state index in [9.17, 15) is 0 Å². The van der Waals surface area contributed by atoms with Crippen LogP contribution in [0.4, 0.5) is 0 Å². The molecule has 0 aromatic rings. The summed E-state index contributed by atoms with van der Waals surface area (Å²) < 4.78 is 10.6. The topological polar surface area (TPSA) is 30.5 Å². The molecule has 16 heavy (non-hydrogen) atoms. The van der Waals surface area contributed by atoms with Crippen molar-refractivity contribution in [3.63, 3.8) is 0 Å². The molecule has 1 heterocycles. The van der Waals surface area contributed by atoms with Crippen LogP contribution in [0.3, 0.4) is 0 Å². The molecule has 1 unspecified atom stereocenters. The van der Waals surface area contributed by atoms with Crippen LogP contribution in [0.2, 0.25) is 0 Å². The second-order valence-corrected chi connectivity index (χ2v) is 4.62. The molecule has 1 rings (SSSR count). The molecule has 1 fully saturated rings. The summed E-state index contributed by atoms with van der Waals surface area (Å²) in [6, 6.07) is 0. The van der Waals surface area contributed by atoms with Gasteiger partial charge in [0.2, 0.25) is 0 Å². The monoisotopic (exact) mass is 227 g/mol. The van der Waals surface area contributed by atoms with Gasteiger partial charge < -0.3 is 14.8 Å². The van der Waals surface area contributed by atoms with E-state index in [1.165, 1.54) is 18.4 Å². The molecule has 3 heteroatoms. The van der Waals surface area contributed by atoms with Crippen LogP contribution >= 0.6 is 0 Å². The summed E-state index contributed by atoms with van der Waals surface area (Å²) in [6.07, 6.45) is 5.02. The van der Waals surface area contributed by atoms with Crippen molar-refractivity contribution < 1.29 is 9.47 Å². The van der Waals surface area contributed by atoms with Crippen molar-refractivity contribution in [2.75, 3.05) is 33.4 Å². The number of rotatable bonds is 7. The highest BCUT2D eigenvalue weighted by atomic mass is 16.5. The molecule has 0 spiro atoms. The Balaban J connectivity index is 2.34. The van der Waals surface area contributed by atoms with Gasteiger partial charge in [-0.05, 0) is 18.8 Å². The number of nitrogens with one attached hydrogen (secondary N) is 1. The maximum atomic E-state index is 5.63. The van der Waals surface area contributed by atoms with Crippen LogP contribution in [0.5, 0.6) is 0 Å². The van der Waals surface area contributed by atoms with E-state index in [-0.39, 0.29) is 0 Å². The van der Waals surface area contributed by atoms with Crippen LogP contribution in [0.1, 0.15) is 26.7 Å². The Morgan fingerprint density at radius 1 is 1.56 bits per heavy atom. The molecular formula is C13H25NO2. The SMILES string of the molecule is COCCNCC(=CC1CCCO1)C(C)C. The lowest BCUT2D eigenvalue weighted by atomic mass is 10.0. The van der Waals surface area contributed by atoms with Crippen LogP contribution in [0, 0.1) is 5.92 Å². The van der Waals surface area contributed by atoms with Gasteiger partial charge in [0.1, 0.15) is 0 Å². The highest BCUT2D eigenvalue weighted by Crippen LogP contribution is 2.18. The Labute approximate surface area is 99.2 Å². The van der Waals surface area contributed by atoms with E-state index < -0.39 is 0 Å². The Kier molecular flexibility index (Phi) is 6.69. The van der Waals surface area contributed by atoms with E-state index in [4.69, 9.17) is 9.47 Å². The van der Waals surface area contributed by atoms with Gasteiger partial charge >= 0.3 is 0 Å². The first kappa shape index (κ1) is 13.7. The minimum Gasteiger partial charge on any atom is -0.383 e. The summed E-state index contributed by atoms with van der Waals surface area (Å²) in [5.41, 5.74) is 1.45. The summed E-state index contributed by atoms with van der Waals surface area (Å²) >= 11 is 0.